The zero-order chi connectivity index (χ0) is 16.4. The van der Waals surface area contributed by atoms with Crippen LogP contribution in [0.1, 0.15) is 49.9 Å². The van der Waals surface area contributed by atoms with Gasteiger partial charge in [-0.1, -0.05) is 12.8 Å². The second kappa shape index (κ2) is 6.95. The van der Waals surface area contributed by atoms with E-state index in [2.05, 4.69) is 15.9 Å². The van der Waals surface area contributed by atoms with Gasteiger partial charge in [0, 0.05) is 24.7 Å². The molecule has 2 heterocycles. The third kappa shape index (κ3) is 3.71. The summed E-state index contributed by atoms with van der Waals surface area (Å²) in [6.45, 7) is 5.62. The summed E-state index contributed by atoms with van der Waals surface area (Å²) in [7, 11) is 0. The molecule has 0 aliphatic carbocycles. The van der Waals surface area contributed by atoms with Crippen LogP contribution < -0.4 is 4.74 Å². The van der Waals surface area contributed by atoms with E-state index < -0.39 is 0 Å². The number of furan rings is 1. The normalized spacial score (nSPS) is 15.9. The Morgan fingerprint density at radius 3 is 2.52 bits per heavy atom. The molecule has 0 saturated carbocycles. The molecule has 23 heavy (non-hydrogen) atoms. The molecule has 0 spiro atoms. The maximum absolute atomic E-state index is 12.9. The fourth-order valence-corrected chi connectivity index (χ4v) is 3.41. The van der Waals surface area contributed by atoms with E-state index in [0.29, 0.717) is 21.6 Å². The molecular formula is C18H22BrNO3. The molecule has 4 nitrogen and oxygen atoms in total. The summed E-state index contributed by atoms with van der Waals surface area (Å²) in [5.41, 5.74) is 1.31. The highest BCUT2D eigenvalue weighted by atomic mass is 79.9. The van der Waals surface area contributed by atoms with E-state index >= 15 is 0 Å². The van der Waals surface area contributed by atoms with Crippen LogP contribution >= 0.6 is 15.9 Å². The minimum Gasteiger partial charge on any atom is -0.490 e. The third-order valence-electron chi connectivity index (χ3n) is 4.07. The number of benzene rings is 1. The first-order valence-electron chi connectivity index (χ1n) is 8.23. The molecule has 1 aliphatic rings. The van der Waals surface area contributed by atoms with Crippen molar-refractivity contribution in [2.24, 2.45) is 0 Å². The highest BCUT2D eigenvalue weighted by Gasteiger charge is 2.20. The number of halogens is 1. The topological polar surface area (TPSA) is 42.7 Å². The number of carbonyl (C=O) groups excluding carboxylic acids is 1. The van der Waals surface area contributed by atoms with E-state index in [-0.39, 0.29) is 12.0 Å². The van der Waals surface area contributed by atoms with Crippen LogP contribution in [-0.2, 0) is 0 Å². The van der Waals surface area contributed by atoms with E-state index in [9.17, 15) is 4.79 Å². The van der Waals surface area contributed by atoms with E-state index in [1.54, 1.807) is 0 Å². The van der Waals surface area contributed by atoms with Crippen molar-refractivity contribution < 1.29 is 13.9 Å². The molecule has 1 saturated heterocycles. The fraction of sp³-hybridized carbons (Fsp3) is 0.500. The number of fused-ring (bicyclic) bond motifs is 1. The van der Waals surface area contributed by atoms with E-state index in [4.69, 9.17) is 9.15 Å². The first-order valence-corrected chi connectivity index (χ1v) is 9.03. The molecule has 0 N–H and O–H groups in total. The fourth-order valence-electron chi connectivity index (χ4n) is 3.01. The molecule has 0 radical (unpaired) electrons. The lowest BCUT2D eigenvalue weighted by Crippen LogP contribution is -2.31. The van der Waals surface area contributed by atoms with Gasteiger partial charge in [0.05, 0.1) is 11.5 Å². The Hall–Kier alpha value is -1.49. The monoisotopic (exact) mass is 379 g/mol. The molecule has 0 bridgehead atoms. The smallest absolute Gasteiger partial charge is 0.254 e. The predicted octanol–water partition coefficient (Wildman–Crippen LogP) is 5.00. The molecule has 124 valence electrons. The lowest BCUT2D eigenvalue weighted by Gasteiger charge is -2.21. The number of likely N-dealkylation sites (tertiary alicyclic amines) is 1. The highest BCUT2D eigenvalue weighted by molar-refractivity contribution is 9.10. The highest BCUT2D eigenvalue weighted by Crippen LogP contribution is 2.33. The number of nitrogens with zero attached hydrogens (tertiary/aromatic N) is 1. The molecule has 1 aromatic heterocycles. The van der Waals surface area contributed by atoms with E-state index in [0.717, 1.165) is 31.3 Å². The molecule has 0 unspecified atom stereocenters. The van der Waals surface area contributed by atoms with Crippen LogP contribution in [0.25, 0.3) is 11.0 Å². The molecule has 3 rings (SSSR count). The number of amides is 1. The van der Waals surface area contributed by atoms with Crippen molar-refractivity contribution in [2.45, 2.75) is 45.6 Å². The SMILES string of the molecule is CC(C)Oc1cc(C(=O)N2CCCCCC2)cc2oc(Br)cc12. The predicted molar refractivity (Wildman–Crippen MR) is 94.0 cm³/mol. The summed E-state index contributed by atoms with van der Waals surface area (Å²) >= 11 is 3.36. The van der Waals surface area contributed by atoms with Crippen LogP contribution in [0.5, 0.6) is 5.75 Å². The van der Waals surface area contributed by atoms with Gasteiger partial charge in [-0.05, 0) is 54.8 Å². The van der Waals surface area contributed by atoms with Crippen molar-refractivity contribution in [2.75, 3.05) is 13.1 Å². The molecule has 0 atom stereocenters. The first-order chi connectivity index (χ1) is 11.0. The van der Waals surface area contributed by atoms with Gasteiger partial charge in [-0.2, -0.15) is 0 Å². The minimum atomic E-state index is 0.0374. The summed E-state index contributed by atoms with van der Waals surface area (Å²) in [4.78, 5) is 14.8. The van der Waals surface area contributed by atoms with Crippen LogP contribution in [0, 0.1) is 0 Å². The minimum absolute atomic E-state index is 0.0374. The first kappa shape index (κ1) is 16.4. The van der Waals surface area contributed by atoms with Gasteiger partial charge < -0.3 is 14.1 Å². The van der Waals surface area contributed by atoms with Crippen LogP contribution in [0.2, 0.25) is 0 Å². The summed E-state index contributed by atoms with van der Waals surface area (Å²) < 4.78 is 12.2. The molecule has 2 aromatic rings. The second-order valence-corrected chi connectivity index (χ2v) is 7.09. The molecular weight excluding hydrogens is 358 g/mol. The second-order valence-electron chi connectivity index (χ2n) is 6.31. The Kier molecular flexibility index (Phi) is 4.95. The largest absolute Gasteiger partial charge is 0.490 e. The van der Waals surface area contributed by atoms with E-state index in [1.807, 2.05) is 36.9 Å². The lowest BCUT2D eigenvalue weighted by atomic mass is 10.1. The summed E-state index contributed by atoms with van der Waals surface area (Å²) in [5.74, 6) is 0.764. The number of carbonyl (C=O) groups is 1. The lowest BCUT2D eigenvalue weighted by molar-refractivity contribution is 0.0761. The molecule has 1 aliphatic heterocycles. The van der Waals surface area contributed by atoms with Crippen molar-refractivity contribution in [1.82, 2.24) is 4.90 Å². The average Bonchev–Trinajstić information content (AvgIpc) is 2.72. The zero-order valence-electron chi connectivity index (χ0n) is 13.6. The van der Waals surface area contributed by atoms with Gasteiger partial charge in [0.15, 0.2) is 4.67 Å². The van der Waals surface area contributed by atoms with Crippen molar-refractivity contribution in [3.05, 3.63) is 28.4 Å². The standard InChI is InChI=1S/C18H22BrNO3/c1-12(2)22-15-9-13(10-16-14(15)11-17(19)23-16)18(21)20-7-5-3-4-6-8-20/h9-12H,3-8H2,1-2H3. The number of hydrogen-bond donors (Lipinski definition) is 0. The van der Waals surface area contributed by atoms with Gasteiger partial charge in [-0.15, -0.1) is 0 Å². The maximum atomic E-state index is 12.9. The zero-order valence-corrected chi connectivity index (χ0v) is 15.2. The van der Waals surface area contributed by atoms with Gasteiger partial charge in [0.1, 0.15) is 11.3 Å². The Balaban J connectivity index is 1.97. The average molecular weight is 380 g/mol. The Morgan fingerprint density at radius 2 is 1.87 bits per heavy atom. The van der Waals surface area contributed by atoms with E-state index in [1.165, 1.54) is 12.8 Å². The van der Waals surface area contributed by atoms with Crippen molar-refractivity contribution >= 4 is 32.8 Å². The number of hydrogen-bond acceptors (Lipinski definition) is 3. The number of ether oxygens (including phenoxy) is 1. The van der Waals surface area contributed by atoms with Crippen molar-refractivity contribution in [1.29, 1.82) is 0 Å². The molecule has 1 aromatic carbocycles. The Bertz CT molecular complexity index is 700. The number of rotatable bonds is 3. The van der Waals surface area contributed by atoms with Gasteiger partial charge in [0.2, 0.25) is 0 Å². The van der Waals surface area contributed by atoms with Gasteiger partial charge in [-0.3, -0.25) is 4.79 Å². The maximum Gasteiger partial charge on any atom is 0.254 e. The van der Waals surface area contributed by atoms with Crippen LogP contribution in [-0.4, -0.2) is 30.0 Å². The van der Waals surface area contributed by atoms with Crippen molar-refractivity contribution in [3.8, 4) is 5.75 Å². The summed E-state index contributed by atoms with van der Waals surface area (Å²) in [5, 5.41) is 0.887. The molecule has 5 heteroatoms. The third-order valence-corrected chi connectivity index (χ3v) is 4.46. The van der Waals surface area contributed by atoms with Crippen LogP contribution in [0.4, 0.5) is 0 Å². The quantitative estimate of drug-likeness (QED) is 0.753. The van der Waals surface area contributed by atoms with Crippen molar-refractivity contribution in [3.63, 3.8) is 0 Å². The Labute approximate surface area is 144 Å². The van der Waals surface area contributed by atoms with Gasteiger partial charge >= 0.3 is 0 Å². The Morgan fingerprint density at radius 1 is 1.17 bits per heavy atom. The van der Waals surface area contributed by atoms with Gasteiger partial charge in [0.25, 0.3) is 5.91 Å². The summed E-state index contributed by atoms with van der Waals surface area (Å²) in [6, 6.07) is 5.55. The van der Waals surface area contributed by atoms with Crippen LogP contribution in [0.3, 0.4) is 0 Å². The van der Waals surface area contributed by atoms with Crippen LogP contribution in [0.15, 0.2) is 27.3 Å². The molecule has 1 fully saturated rings. The van der Waals surface area contributed by atoms with Gasteiger partial charge in [-0.25, -0.2) is 0 Å². The summed E-state index contributed by atoms with van der Waals surface area (Å²) in [6.07, 6.45) is 4.60. The molecule has 1 amide bonds.